The van der Waals surface area contributed by atoms with E-state index in [2.05, 4.69) is 11.4 Å². The van der Waals surface area contributed by atoms with Gasteiger partial charge in [0.15, 0.2) is 11.5 Å². The molecule has 0 aliphatic carbocycles. The average molecular weight is 380 g/mol. The van der Waals surface area contributed by atoms with Crippen LogP contribution in [-0.4, -0.2) is 23.4 Å². The van der Waals surface area contributed by atoms with E-state index in [0.29, 0.717) is 11.5 Å². The fourth-order valence-corrected chi connectivity index (χ4v) is 3.79. The Bertz CT molecular complexity index is 1050. The Morgan fingerprint density at radius 2 is 1.89 bits per heavy atom. The number of thioether (sulfide) groups is 1. The van der Waals surface area contributed by atoms with Gasteiger partial charge in [-0.3, -0.25) is 4.79 Å². The minimum absolute atomic E-state index is 0.0410. The van der Waals surface area contributed by atoms with Crippen molar-refractivity contribution in [2.75, 3.05) is 17.9 Å². The first kappa shape index (κ1) is 17.7. The third-order valence-electron chi connectivity index (χ3n) is 4.67. The van der Waals surface area contributed by atoms with Crippen molar-refractivity contribution < 1.29 is 14.3 Å². The van der Waals surface area contributed by atoms with E-state index in [1.165, 1.54) is 11.8 Å². The normalized spacial score (nSPS) is 12.4. The van der Waals surface area contributed by atoms with Gasteiger partial charge in [-0.2, -0.15) is 0 Å². The molecule has 4 rings (SSSR count). The van der Waals surface area contributed by atoms with Crippen molar-refractivity contribution in [3.05, 3.63) is 53.1 Å². The Kier molecular flexibility index (Phi) is 4.66. The summed E-state index contributed by atoms with van der Waals surface area (Å²) in [4.78, 5) is 17.1. The van der Waals surface area contributed by atoms with Gasteiger partial charge in [0.1, 0.15) is 5.03 Å². The van der Waals surface area contributed by atoms with E-state index < -0.39 is 0 Å². The van der Waals surface area contributed by atoms with E-state index in [-0.39, 0.29) is 12.7 Å². The number of amides is 1. The number of nitrogens with zero attached hydrogens (tertiary/aromatic N) is 1. The Balaban J connectivity index is 1.50. The number of carbonyl (C=O) groups is 1. The lowest BCUT2D eigenvalue weighted by Gasteiger charge is -2.11. The van der Waals surface area contributed by atoms with Crippen molar-refractivity contribution in [1.29, 1.82) is 0 Å². The number of aromatic nitrogens is 1. The summed E-state index contributed by atoms with van der Waals surface area (Å²) >= 11 is 1.44. The number of benzene rings is 2. The van der Waals surface area contributed by atoms with E-state index in [1.54, 1.807) is 0 Å². The summed E-state index contributed by atoms with van der Waals surface area (Å²) in [5, 5.41) is 4.83. The number of ether oxygens (including phenoxy) is 2. The van der Waals surface area contributed by atoms with E-state index in [9.17, 15) is 4.79 Å². The van der Waals surface area contributed by atoms with Crippen LogP contribution in [0.4, 0.5) is 5.69 Å². The van der Waals surface area contributed by atoms with Crippen molar-refractivity contribution in [1.82, 2.24) is 4.98 Å². The molecule has 27 heavy (non-hydrogen) atoms. The molecule has 0 atom stereocenters. The smallest absolute Gasteiger partial charge is 0.234 e. The molecule has 2 aromatic carbocycles. The Morgan fingerprint density at radius 3 is 2.70 bits per heavy atom. The summed E-state index contributed by atoms with van der Waals surface area (Å²) in [7, 11) is 0. The molecule has 0 saturated carbocycles. The molecule has 0 bridgehead atoms. The molecule has 1 aliphatic heterocycles. The van der Waals surface area contributed by atoms with Crippen LogP contribution in [0.25, 0.3) is 10.9 Å². The van der Waals surface area contributed by atoms with E-state index in [4.69, 9.17) is 14.5 Å². The average Bonchev–Trinajstić information content (AvgIpc) is 3.09. The first-order valence-corrected chi connectivity index (χ1v) is 9.69. The minimum Gasteiger partial charge on any atom is -0.454 e. The molecular formula is C21H20N2O3S. The van der Waals surface area contributed by atoms with Crippen LogP contribution in [0.15, 0.2) is 41.4 Å². The summed E-state index contributed by atoms with van der Waals surface area (Å²) < 4.78 is 10.9. The Morgan fingerprint density at radius 1 is 1.11 bits per heavy atom. The summed E-state index contributed by atoms with van der Waals surface area (Å²) in [5.41, 5.74) is 4.97. The van der Waals surface area contributed by atoms with Crippen molar-refractivity contribution >= 4 is 34.3 Å². The number of pyridine rings is 1. The first-order valence-electron chi connectivity index (χ1n) is 8.71. The van der Waals surface area contributed by atoms with E-state index in [0.717, 1.165) is 44.1 Å². The second-order valence-electron chi connectivity index (χ2n) is 6.59. The van der Waals surface area contributed by atoms with E-state index in [1.807, 2.05) is 51.1 Å². The highest BCUT2D eigenvalue weighted by molar-refractivity contribution is 8.00. The number of hydrogen-bond acceptors (Lipinski definition) is 5. The zero-order valence-electron chi connectivity index (χ0n) is 15.5. The molecule has 6 heteroatoms. The number of rotatable bonds is 4. The van der Waals surface area contributed by atoms with Crippen molar-refractivity contribution in [2.24, 2.45) is 0 Å². The Labute approximate surface area is 162 Å². The molecule has 1 aliphatic rings. The maximum absolute atomic E-state index is 12.4. The van der Waals surface area contributed by atoms with Crippen LogP contribution in [0.1, 0.15) is 16.7 Å². The predicted octanol–water partition coefficient (Wildman–Crippen LogP) is 4.62. The number of carbonyl (C=O) groups excluding carboxylic acids is 1. The summed E-state index contributed by atoms with van der Waals surface area (Å²) in [6.07, 6.45) is 0. The molecule has 2 heterocycles. The van der Waals surface area contributed by atoms with Gasteiger partial charge < -0.3 is 14.8 Å². The van der Waals surface area contributed by atoms with Crippen LogP contribution in [0.5, 0.6) is 11.5 Å². The highest BCUT2D eigenvalue weighted by atomic mass is 32.2. The van der Waals surface area contributed by atoms with Gasteiger partial charge in [-0.15, -0.1) is 0 Å². The van der Waals surface area contributed by atoms with Crippen molar-refractivity contribution in [3.63, 3.8) is 0 Å². The van der Waals surface area contributed by atoms with Gasteiger partial charge in [0.25, 0.3) is 0 Å². The largest absolute Gasteiger partial charge is 0.454 e. The number of aryl methyl sites for hydroxylation is 2. The highest BCUT2D eigenvalue weighted by Crippen LogP contribution is 2.36. The monoisotopic (exact) mass is 380 g/mol. The summed E-state index contributed by atoms with van der Waals surface area (Å²) in [6.45, 7) is 6.29. The number of nitrogens with one attached hydrogen (secondary N) is 1. The molecule has 0 unspecified atom stereocenters. The second kappa shape index (κ2) is 7.12. The van der Waals surface area contributed by atoms with Crippen molar-refractivity contribution in [3.8, 4) is 11.5 Å². The van der Waals surface area contributed by atoms with Crippen LogP contribution in [0.3, 0.4) is 0 Å². The lowest BCUT2D eigenvalue weighted by atomic mass is 10.1. The zero-order chi connectivity index (χ0) is 19.0. The lowest BCUT2D eigenvalue weighted by Crippen LogP contribution is -2.15. The van der Waals surface area contributed by atoms with Crippen LogP contribution < -0.4 is 14.8 Å². The highest BCUT2D eigenvalue weighted by Gasteiger charge is 2.16. The second-order valence-corrected chi connectivity index (χ2v) is 7.56. The molecule has 1 amide bonds. The molecule has 138 valence electrons. The van der Waals surface area contributed by atoms with Crippen molar-refractivity contribution in [2.45, 2.75) is 25.8 Å². The van der Waals surface area contributed by atoms with Gasteiger partial charge in [-0.25, -0.2) is 4.98 Å². The number of hydrogen-bond donors (Lipinski definition) is 1. The third-order valence-corrected chi connectivity index (χ3v) is 5.77. The standard InChI is InChI=1S/C21H20N2O3S/c1-12-5-4-6-16(14(12)3)22-20(24)10-27-21-13(2)7-15-8-18-19(26-11-25-18)9-17(15)23-21/h4-9H,10-11H2,1-3H3,(H,22,24). The molecule has 1 N–H and O–H groups in total. The van der Waals surface area contributed by atoms with Crippen LogP contribution in [-0.2, 0) is 4.79 Å². The third kappa shape index (κ3) is 3.57. The van der Waals surface area contributed by atoms with Gasteiger partial charge in [-0.1, -0.05) is 23.9 Å². The summed E-state index contributed by atoms with van der Waals surface area (Å²) in [5.74, 6) is 1.72. The molecule has 0 fully saturated rings. The molecule has 0 radical (unpaired) electrons. The van der Waals surface area contributed by atoms with Gasteiger partial charge in [0.05, 0.1) is 11.3 Å². The fourth-order valence-electron chi connectivity index (χ4n) is 3.00. The first-order chi connectivity index (χ1) is 13.0. The number of anilines is 1. The molecule has 5 nitrogen and oxygen atoms in total. The number of fused-ring (bicyclic) bond motifs is 2. The van der Waals surface area contributed by atoms with Gasteiger partial charge in [0.2, 0.25) is 12.7 Å². The topological polar surface area (TPSA) is 60.5 Å². The molecule has 1 aromatic heterocycles. The van der Waals surface area contributed by atoms with Gasteiger partial charge >= 0.3 is 0 Å². The molecule has 0 spiro atoms. The fraction of sp³-hybridized carbons (Fsp3) is 0.238. The Hall–Kier alpha value is -2.73. The van der Waals surface area contributed by atoms with Crippen LogP contribution >= 0.6 is 11.8 Å². The van der Waals surface area contributed by atoms with E-state index >= 15 is 0 Å². The zero-order valence-corrected chi connectivity index (χ0v) is 16.3. The molecule has 3 aromatic rings. The SMILES string of the molecule is Cc1cc2cc3c(cc2nc1SCC(=O)Nc1cccc(C)c1C)OCO3. The quantitative estimate of drug-likeness (QED) is 0.669. The molecular weight excluding hydrogens is 360 g/mol. The van der Waals surface area contributed by atoms with Crippen LogP contribution in [0, 0.1) is 20.8 Å². The summed E-state index contributed by atoms with van der Waals surface area (Å²) in [6, 6.07) is 11.8. The maximum atomic E-state index is 12.4. The van der Waals surface area contributed by atoms with Gasteiger partial charge in [0, 0.05) is 17.1 Å². The predicted molar refractivity (Wildman–Crippen MR) is 108 cm³/mol. The lowest BCUT2D eigenvalue weighted by molar-refractivity contribution is -0.113. The maximum Gasteiger partial charge on any atom is 0.234 e. The van der Waals surface area contributed by atoms with Crippen LogP contribution in [0.2, 0.25) is 0 Å². The van der Waals surface area contributed by atoms with Gasteiger partial charge in [-0.05, 0) is 55.7 Å². The minimum atomic E-state index is -0.0410. The molecule has 0 saturated heterocycles.